The van der Waals surface area contributed by atoms with Crippen molar-refractivity contribution in [2.45, 2.75) is 31.2 Å². The molecule has 1 saturated heterocycles. The maximum Gasteiger partial charge on any atom is 0.280 e. The number of pyridine rings is 1. The number of rotatable bonds is 4. The highest BCUT2D eigenvalue weighted by molar-refractivity contribution is 6.05. The topological polar surface area (TPSA) is 103 Å². The molecule has 30 heavy (non-hydrogen) atoms. The first-order valence-corrected chi connectivity index (χ1v) is 10.1. The molecule has 9 nitrogen and oxygen atoms in total. The summed E-state index contributed by atoms with van der Waals surface area (Å²) in [5.41, 5.74) is 1.06. The third-order valence-corrected chi connectivity index (χ3v) is 5.81. The van der Waals surface area contributed by atoms with Gasteiger partial charge in [0.2, 0.25) is 0 Å². The Morgan fingerprint density at radius 3 is 2.93 bits per heavy atom. The van der Waals surface area contributed by atoms with E-state index in [2.05, 4.69) is 25.4 Å². The Balaban J connectivity index is 1.20. The third-order valence-electron chi connectivity index (χ3n) is 5.81. The summed E-state index contributed by atoms with van der Waals surface area (Å²) in [5.74, 6) is 1.52. The molecule has 1 aliphatic heterocycles. The second kappa shape index (κ2) is 6.72. The molecular formula is C21H19N7O2. The van der Waals surface area contributed by atoms with Crippen LogP contribution in [0.3, 0.4) is 0 Å². The van der Waals surface area contributed by atoms with Gasteiger partial charge in [-0.2, -0.15) is 4.98 Å². The normalized spacial score (nSPS) is 18.9. The summed E-state index contributed by atoms with van der Waals surface area (Å²) in [6.45, 7) is 1.21. The fourth-order valence-corrected chi connectivity index (χ4v) is 3.98. The summed E-state index contributed by atoms with van der Waals surface area (Å²) in [6.07, 6.45) is 6.54. The lowest BCUT2D eigenvalue weighted by Gasteiger charge is -2.17. The van der Waals surface area contributed by atoms with Crippen molar-refractivity contribution in [3.63, 3.8) is 0 Å². The molecule has 4 aromatic rings. The van der Waals surface area contributed by atoms with Crippen molar-refractivity contribution in [1.29, 1.82) is 0 Å². The minimum Gasteiger partial charge on any atom is -0.335 e. The highest BCUT2D eigenvalue weighted by atomic mass is 16.5. The van der Waals surface area contributed by atoms with Crippen molar-refractivity contribution in [3.8, 4) is 11.6 Å². The van der Waals surface area contributed by atoms with Crippen molar-refractivity contribution < 1.29 is 9.32 Å². The second-order valence-corrected chi connectivity index (χ2v) is 7.89. The van der Waals surface area contributed by atoms with Crippen LogP contribution in [0, 0.1) is 0 Å². The van der Waals surface area contributed by atoms with E-state index in [1.54, 1.807) is 10.9 Å². The van der Waals surface area contributed by atoms with E-state index in [9.17, 15) is 4.79 Å². The van der Waals surface area contributed by atoms with Crippen LogP contribution in [-0.2, 0) is 0 Å². The Morgan fingerprint density at radius 1 is 1.13 bits per heavy atom. The lowest BCUT2D eigenvalue weighted by molar-refractivity contribution is 0.0783. The summed E-state index contributed by atoms with van der Waals surface area (Å²) in [6, 6.07) is 9.79. The van der Waals surface area contributed by atoms with Crippen LogP contribution >= 0.6 is 0 Å². The van der Waals surface area contributed by atoms with Gasteiger partial charge in [-0.1, -0.05) is 34.6 Å². The second-order valence-electron chi connectivity index (χ2n) is 7.89. The van der Waals surface area contributed by atoms with Crippen molar-refractivity contribution >= 4 is 16.7 Å². The molecule has 2 fully saturated rings. The maximum absolute atomic E-state index is 13.1. The fraction of sp³-hybridized carbons (Fsp3) is 0.333. The number of nitrogens with zero attached hydrogens (tertiary/aromatic N) is 7. The molecule has 1 aliphatic carbocycles. The van der Waals surface area contributed by atoms with Crippen LogP contribution in [0.1, 0.15) is 47.5 Å². The van der Waals surface area contributed by atoms with Gasteiger partial charge in [-0.15, -0.1) is 5.10 Å². The van der Waals surface area contributed by atoms with E-state index in [1.807, 2.05) is 41.4 Å². The number of aromatic nitrogens is 6. The SMILES string of the molecule is O=C(c1nccc2ccccc12)N1CC[C@@H](n2cc(-c3nc(C4CC4)no3)nn2)C1. The predicted molar refractivity (Wildman–Crippen MR) is 107 cm³/mol. The molecule has 0 spiro atoms. The summed E-state index contributed by atoms with van der Waals surface area (Å²) >= 11 is 0. The zero-order valence-electron chi connectivity index (χ0n) is 16.2. The molecule has 6 rings (SSSR count). The molecule has 0 bridgehead atoms. The Labute approximate surface area is 171 Å². The molecule has 1 saturated carbocycles. The highest BCUT2D eigenvalue weighted by Gasteiger charge is 2.32. The average Bonchev–Trinajstić information content (AvgIpc) is 3.18. The number of amides is 1. The van der Waals surface area contributed by atoms with Gasteiger partial charge in [0.25, 0.3) is 11.8 Å². The number of fused-ring (bicyclic) bond motifs is 1. The summed E-state index contributed by atoms with van der Waals surface area (Å²) in [7, 11) is 0. The van der Waals surface area contributed by atoms with Crippen molar-refractivity contribution in [2.75, 3.05) is 13.1 Å². The Kier molecular flexibility index (Phi) is 3.87. The fourth-order valence-electron chi connectivity index (χ4n) is 3.98. The molecule has 1 atom stereocenters. The number of carbonyl (C=O) groups is 1. The molecule has 0 unspecified atom stereocenters. The lowest BCUT2D eigenvalue weighted by atomic mass is 10.1. The molecule has 1 amide bonds. The van der Waals surface area contributed by atoms with Crippen molar-refractivity contribution in [2.24, 2.45) is 0 Å². The standard InChI is InChI=1S/C21H19N7O2/c29-21(18-16-4-2-1-3-13(16)7-9-22-18)27-10-8-15(11-27)28-12-17(24-26-28)20-23-19(25-30-20)14-5-6-14/h1-4,7,9,12,14-15H,5-6,8,10-11H2/t15-/m1/s1. The van der Waals surface area contributed by atoms with Crippen LogP contribution in [0.25, 0.3) is 22.4 Å². The van der Waals surface area contributed by atoms with Gasteiger partial charge in [-0.3, -0.25) is 9.78 Å². The molecule has 2 aliphatic rings. The van der Waals surface area contributed by atoms with Gasteiger partial charge in [0.15, 0.2) is 11.5 Å². The minimum atomic E-state index is -0.0550. The van der Waals surface area contributed by atoms with Gasteiger partial charge < -0.3 is 9.42 Å². The van der Waals surface area contributed by atoms with Gasteiger partial charge >= 0.3 is 0 Å². The van der Waals surface area contributed by atoms with E-state index in [-0.39, 0.29) is 11.9 Å². The minimum absolute atomic E-state index is 0.0519. The van der Waals surface area contributed by atoms with E-state index in [0.29, 0.717) is 36.3 Å². The number of hydrogen-bond acceptors (Lipinski definition) is 7. The lowest BCUT2D eigenvalue weighted by Crippen LogP contribution is -2.30. The number of carbonyl (C=O) groups excluding carboxylic acids is 1. The van der Waals surface area contributed by atoms with Gasteiger partial charge in [0.05, 0.1) is 12.2 Å². The largest absolute Gasteiger partial charge is 0.335 e. The highest BCUT2D eigenvalue weighted by Crippen LogP contribution is 2.38. The number of hydrogen-bond donors (Lipinski definition) is 0. The Bertz CT molecular complexity index is 1240. The predicted octanol–water partition coefficient (Wildman–Crippen LogP) is 2.84. The van der Waals surface area contributed by atoms with Gasteiger partial charge in [0.1, 0.15) is 5.69 Å². The van der Waals surface area contributed by atoms with Crippen LogP contribution < -0.4 is 0 Å². The van der Waals surface area contributed by atoms with E-state index in [4.69, 9.17) is 4.52 Å². The van der Waals surface area contributed by atoms with Gasteiger partial charge in [-0.25, -0.2) is 4.68 Å². The summed E-state index contributed by atoms with van der Waals surface area (Å²) < 4.78 is 7.13. The molecule has 3 aromatic heterocycles. The Hall–Kier alpha value is -3.62. The van der Waals surface area contributed by atoms with Crippen molar-refractivity contribution in [3.05, 3.63) is 54.2 Å². The Morgan fingerprint density at radius 2 is 2.03 bits per heavy atom. The zero-order chi connectivity index (χ0) is 20.1. The molecule has 9 heteroatoms. The summed E-state index contributed by atoms with van der Waals surface area (Å²) in [5, 5.41) is 14.4. The van der Waals surface area contributed by atoms with E-state index >= 15 is 0 Å². The van der Waals surface area contributed by atoms with Crippen LogP contribution in [0.4, 0.5) is 0 Å². The van der Waals surface area contributed by atoms with Gasteiger partial charge in [-0.05, 0) is 30.7 Å². The van der Waals surface area contributed by atoms with Crippen LogP contribution in [0.2, 0.25) is 0 Å². The molecule has 150 valence electrons. The van der Waals surface area contributed by atoms with Crippen molar-refractivity contribution in [1.82, 2.24) is 35.0 Å². The van der Waals surface area contributed by atoms with Crippen LogP contribution in [0.5, 0.6) is 0 Å². The molecule has 1 aromatic carbocycles. The first kappa shape index (κ1) is 17.3. The zero-order valence-corrected chi connectivity index (χ0v) is 16.2. The third kappa shape index (κ3) is 2.94. The first-order chi connectivity index (χ1) is 14.8. The first-order valence-electron chi connectivity index (χ1n) is 10.1. The smallest absolute Gasteiger partial charge is 0.280 e. The van der Waals surface area contributed by atoms with E-state index < -0.39 is 0 Å². The molecule has 4 heterocycles. The number of likely N-dealkylation sites (tertiary alicyclic amines) is 1. The maximum atomic E-state index is 13.1. The summed E-state index contributed by atoms with van der Waals surface area (Å²) in [4.78, 5) is 23.7. The molecule has 0 N–H and O–H groups in total. The van der Waals surface area contributed by atoms with Gasteiger partial charge in [0, 0.05) is 30.6 Å². The van der Waals surface area contributed by atoms with Crippen LogP contribution in [-0.4, -0.2) is 54.0 Å². The van der Waals surface area contributed by atoms with E-state index in [0.717, 1.165) is 35.9 Å². The van der Waals surface area contributed by atoms with E-state index in [1.165, 1.54) is 0 Å². The number of benzene rings is 1. The molecule has 0 radical (unpaired) electrons. The molecular weight excluding hydrogens is 382 g/mol. The van der Waals surface area contributed by atoms with Crippen LogP contribution in [0.15, 0.2) is 47.2 Å². The average molecular weight is 401 g/mol. The quantitative estimate of drug-likeness (QED) is 0.518. The monoisotopic (exact) mass is 401 g/mol.